The highest BCUT2D eigenvalue weighted by atomic mass is 16.5. The Kier molecular flexibility index (Phi) is 5.98. The number of hydroxylamine groups is 2. The van der Waals surface area contributed by atoms with Crippen LogP contribution in [0.4, 0.5) is 0 Å². The van der Waals surface area contributed by atoms with Crippen LogP contribution >= 0.6 is 0 Å². The number of aromatic nitrogens is 2. The van der Waals surface area contributed by atoms with E-state index in [4.69, 9.17) is 0 Å². The van der Waals surface area contributed by atoms with Crippen molar-refractivity contribution in [1.29, 1.82) is 0 Å². The van der Waals surface area contributed by atoms with Gasteiger partial charge in [0, 0.05) is 42.8 Å². The van der Waals surface area contributed by atoms with E-state index in [2.05, 4.69) is 22.2 Å². The van der Waals surface area contributed by atoms with Crippen molar-refractivity contribution in [3.05, 3.63) is 35.4 Å². The number of H-pyrrole nitrogens is 1. The molecule has 1 aliphatic rings. The highest BCUT2D eigenvalue weighted by Gasteiger charge is 2.51. The summed E-state index contributed by atoms with van der Waals surface area (Å²) in [7, 11) is 0. The molecule has 1 fully saturated rings. The predicted octanol–water partition coefficient (Wildman–Crippen LogP) is 3.86. The van der Waals surface area contributed by atoms with Crippen molar-refractivity contribution >= 4 is 22.7 Å². The number of fused-ring (bicyclic) bond motifs is 1. The van der Waals surface area contributed by atoms with Gasteiger partial charge >= 0.3 is 0 Å². The molecule has 158 valence electrons. The first kappa shape index (κ1) is 21.3. The van der Waals surface area contributed by atoms with Gasteiger partial charge in [-0.2, -0.15) is 0 Å². The van der Waals surface area contributed by atoms with Gasteiger partial charge in [0.1, 0.15) is 5.69 Å². The lowest BCUT2D eigenvalue weighted by Gasteiger charge is -2.33. The van der Waals surface area contributed by atoms with Gasteiger partial charge in [-0.25, -0.2) is 0 Å². The Labute approximate surface area is 171 Å². The summed E-state index contributed by atoms with van der Waals surface area (Å²) >= 11 is 0. The molecule has 0 spiro atoms. The fourth-order valence-electron chi connectivity index (χ4n) is 4.03. The number of hydrogen-bond donors (Lipinski definition) is 2. The second kappa shape index (κ2) is 8.14. The van der Waals surface area contributed by atoms with Gasteiger partial charge < -0.3 is 20.6 Å². The molecule has 7 nitrogen and oxygen atoms in total. The number of amides is 2. The summed E-state index contributed by atoms with van der Waals surface area (Å²) < 4.78 is 0. The van der Waals surface area contributed by atoms with Crippen molar-refractivity contribution in [2.24, 2.45) is 16.7 Å². The third kappa shape index (κ3) is 5.15. The monoisotopic (exact) mass is 399 g/mol. The van der Waals surface area contributed by atoms with Gasteiger partial charge in [0.05, 0.1) is 0 Å². The van der Waals surface area contributed by atoms with Crippen molar-refractivity contribution in [2.45, 2.75) is 53.4 Å². The summed E-state index contributed by atoms with van der Waals surface area (Å²) in [6, 6.07) is 3.64. The van der Waals surface area contributed by atoms with Crippen molar-refractivity contribution < 1.29 is 9.59 Å². The first-order valence-corrected chi connectivity index (χ1v) is 10.3. The first-order chi connectivity index (χ1) is 13.6. The van der Waals surface area contributed by atoms with E-state index >= 15 is 0 Å². The number of carbonyl (C=O) groups excluding carboxylic acids is 2. The highest BCUT2D eigenvalue weighted by Crippen LogP contribution is 2.57. The molecule has 1 aliphatic carbocycles. The molecule has 2 N–H and O–H groups in total. The zero-order chi connectivity index (χ0) is 21.2. The van der Waals surface area contributed by atoms with E-state index in [-0.39, 0.29) is 35.6 Å². The highest BCUT2D eigenvalue weighted by molar-refractivity contribution is 5.97. The van der Waals surface area contributed by atoms with Gasteiger partial charge in [-0.1, -0.05) is 34.1 Å². The molecule has 0 bridgehead atoms. The van der Waals surface area contributed by atoms with E-state index in [1.165, 1.54) is 0 Å². The van der Waals surface area contributed by atoms with E-state index in [1.54, 1.807) is 18.5 Å². The summed E-state index contributed by atoms with van der Waals surface area (Å²) in [5, 5.41) is 16.7. The molecule has 1 saturated carbocycles. The van der Waals surface area contributed by atoms with E-state index in [0.717, 1.165) is 23.7 Å². The van der Waals surface area contributed by atoms with Crippen LogP contribution in [0.15, 0.2) is 24.5 Å². The molecule has 2 aromatic heterocycles. The van der Waals surface area contributed by atoms with Gasteiger partial charge in [0.25, 0.3) is 5.91 Å². The van der Waals surface area contributed by atoms with Gasteiger partial charge in [-0.15, -0.1) is 0 Å². The van der Waals surface area contributed by atoms with Crippen LogP contribution in [-0.2, 0) is 4.79 Å². The molecule has 7 heteroatoms. The zero-order valence-electron chi connectivity index (χ0n) is 17.7. The lowest BCUT2D eigenvalue weighted by Crippen LogP contribution is -2.31. The van der Waals surface area contributed by atoms with Crippen molar-refractivity contribution in [2.75, 3.05) is 13.1 Å². The smallest absolute Gasteiger partial charge is 0.267 e. The Bertz CT molecular complexity index is 853. The fraction of sp³-hybridized carbons (Fsp3) is 0.591. The molecule has 2 aromatic rings. The largest absolute Gasteiger partial charge is 0.756 e. The Hall–Kier alpha value is -2.41. The van der Waals surface area contributed by atoms with Crippen LogP contribution < -0.4 is 5.32 Å². The maximum absolute atomic E-state index is 12.5. The third-order valence-corrected chi connectivity index (χ3v) is 6.01. The average Bonchev–Trinajstić information content (AvgIpc) is 3.18. The van der Waals surface area contributed by atoms with Crippen LogP contribution in [0.5, 0.6) is 0 Å². The normalized spacial score (nSPS) is 21.2. The summed E-state index contributed by atoms with van der Waals surface area (Å²) in [6.07, 6.45) is 6.26. The van der Waals surface area contributed by atoms with Crippen LogP contribution in [0.25, 0.3) is 10.9 Å². The van der Waals surface area contributed by atoms with Crippen molar-refractivity contribution in [3.63, 3.8) is 0 Å². The number of pyridine rings is 1. The predicted molar refractivity (Wildman–Crippen MR) is 113 cm³/mol. The molecule has 0 aromatic carbocycles. The van der Waals surface area contributed by atoms with E-state index in [0.29, 0.717) is 29.6 Å². The van der Waals surface area contributed by atoms with Crippen molar-refractivity contribution in [3.8, 4) is 0 Å². The number of carbonyl (C=O) groups is 2. The van der Waals surface area contributed by atoms with Crippen molar-refractivity contribution in [1.82, 2.24) is 20.3 Å². The molecule has 2 amide bonds. The van der Waals surface area contributed by atoms with Gasteiger partial charge in [0.2, 0.25) is 5.91 Å². The maximum Gasteiger partial charge on any atom is 0.267 e. The Balaban J connectivity index is 1.48. The van der Waals surface area contributed by atoms with Crippen LogP contribution in [0, 0.1) is 22.0 Å². The second-order valence-corrected chi connectivity index (χ2v) is 9.46. The van der Waals surface area contributed by atoms with E-state index in [9.17, 15) is 14.8 Å². The molecule has 0 radical (unpaired) electrons. The minimum Gasteiger partial charge on any atom is -0.756 e. The van der Waals surface area contributed by atoms with Gasteiger partial charge in [0.15, 0.2) is 0 Å². The molecular formula is C22H31N4O3-. The first-order valence-electron chi connectivity index (χ1n) is 10.3. The Morgan fingerprint density at radius 1 is 1.41 bits per heavy atom. The molecule has 3 rings (SSSR count). The van der Waals surface area contributed by atoms with Gasteiger partial charge in [-0.3, -0.25) is 14.6 Å². The average molecular weight is 400 g/mol. The number of rotatable bonds is 8. The zero-order valence-corrected chi connectivity index (χ0v) is 17.7. The SMILES string of the molecule is CCC1(CCN([O-])C(=O)CC(C)(C)C)CC1CNC(=O)c1cc2cnccc2[nH]1. The second-order valence-electron chi connectivity index (χ2n) is 9.46. The molecular weight excluding hydrogens is 368 g/mol. The van der Waals surface area contributed by atoms with Crippen LogP contribution in [0.3, 0.4) is 0 Å². The number of nitrogens with one attached hydrogen (secondary N) is 2. The lowest BCUT2D eigenvalue weighted by atomic mass is 9.91. The summed E-state index contributed by atoms with van der Waals surface area (Å²) in [5.41, 5.74) is 1.26. The van der Waals surface area contributed by atoms with Crippen LogP contribution in [-0.4, -0.2) is 39.9 Å². The molecule has 29 heavy (non-hydrogen) atoms. The molecule has 0 aliphatic heterocycles. The van der Waals surface area contributed by atoms with Crippen LogP contribution in [0.2, 0.25) is 0 Å². The molecule has 2 atom stereocenters. The summed E-state index contributed by atoms with van der Waals surface area (Å²) in [5.74, 6) is -0.139. The number of nitrogens with zero attached hydrogens (tertiary/aromatic N) is 2. The summed E-state index contributed by atoms with van der Waals surface area (Å²) in [6.45, 7) is 8.77. The molecule has 0 saturated heterocycles. The molecule has 2 heterocycles. The van der Waals surface area contributed by atoms with E-state index < -0.39 is 0 Å². The van der Waals surface area contributed by atoms with Crippen LogP contribution in [0.1, 0.15) is 63.9 Å². The minimum atomic E-state index is -0.345. The van der Waals surface area contributed by atoms with Gasteiger partial charge in [-0.05, 0) is 41.7 Å². The quantitative estimate of drug-likeness (QED) is 0.658. The van der Waals surface area contributed by atoms with E-state index in [1.807, 2.05) is 26.8 Å². The minimum absolute atomic E-state index is 0.0440. The number of aromatic amines is 1. The third-order valence-electron chi connectivity index (χ3n) is 6.01. The maximum atomic E-state index is 12.5. The molecule has 2 unspecified atom stereocenters. The topological polar surface area (TPSA) is 101 Å². The standard InChI is InChI=1S/C22H31N4O3/c1-5-22(7-9-26(29)19(27)12-21(2,3)4)11-16(22)14-24-20(28)18-10-15-13-23-8-6-17(15)25-18/h6,8,10,13,16,25H,5,7,9,11-12,14H2,1-4H3,(H,24,28)/q-1. The Morgan fingerprint density at radius 3 is 2.83 bits per heavy atom. The Morgan fingerprint density at radius 2 is 2.17 bits per heavy atom. The summed E-state index contributed by atoms with van der Waals surface area (Å²) in [4.78, 5) is 31.7. The number of hydrogen-bond acceptors (Lipinski definition) is 4. The fourth-order valence-corrected chi connectivity index (χ4v) is 4.03. The lowest BCUT2D eigenvalue weighted by molar-refractivity contribution is -0.130.